The summed E-state index contributed by atoms with van der Waals surface area (Å²) in [4.78, 5) is 4.87. The molecule has 0 unspecified atom stereocenters. The number of hydrogen-bond acceptors (Lipinski definition) is 1. The standard InChI is InChI=1S/C30H19N/c1-2-9-20(10-3-1)21-16-17-24-28(19-21)30(27-15-8-18-31-29(24)27)25-13-6-4-11-22(25)23-12-5-7-14-26(23)30/h1-19H. The second-order valence-electron chi connectivity index (χ2n) is 8.37. The average Bonchev–Trinajstić information content (AvgIpc) is 3.32. The van der Waals surface area contributed by atoms with E-state index in [0.29, 0.717) is 0 Å². The van der Waals surface area contributed by atoms with E-state index in [0.717, 1.165) is 5.69 Å². The van der Waals surface area contributed by atoms with Gasteiger partial charge in [-0.05, 0) is 56.6 Å². The van der Waals surface area contributed by atoms with Gasteiger partial charge < -0.3 is 0 Å². The molecule has 0 atom stereocenters. The lowest BCUT2D eigenvalue weighted by molar-refractivity contribution is 0.791. The Morgan fingerprint density at radius 3 is 1.84 bits per heavy atom. The van der Waals surface area contributed by atoms with Gasteiger partial charge in [0.05, 0.1) is 11.1 Å². The largest absolute Gasteiger partial charge is 0.256 e. The van der Waals surface area contributed by atoms with Crippen LogP contribution in [0.1, 0.15) is 22.3 Å². The number of aromatic nitrogens is 1. The van der Waals surface area contributed by atoms with Crippen LogP contribution >= 0.6 is 0 Å². The van der Waals surface area contributed by atoms with Gasteiger partial charge in [0.25, 0.3) is 0 Å². The average molecular weight is 393 g/mol. The Morgan fingerprint density at radius 1 is 0.452 bits per heavy atom. The molecule has 0 fully saturated rings. The Morgan fingerprint density at radius 2 is 1.10 bits per heavy atom. The highest BCUT2D eigenvalue weighted by molar-refractivity contribution is 5.94. The van der Waals surface area contributed by atoms with Crippen LogP contribution in [0.3, 0.4) is 0 Å². The van der Waals surface area contributed by atoms with Crippen molar-refractivity contribution >= 4 is 0 Å². The molecule has 0 saturated carbocycles. The van der Waals surface area contributed by atoms with E-state index >= 15 is 0 Å². The fourth-order valence-electron chi connectivity index (χ4n) is 5.75. The first-order valence-corrected chi connectivity index (χ1v) is 10.7. The topological polar surface area (TPSA) is 12.9 Å². The third-order valence-electron chi connectivity index (χ3n) is 6.95. The van der Waals surface area contributed by atoms with Gasteiger partial charge in [-0.15, -0.1) is 0 Å². The van der Waals surface area contributed by atoms with Crippen molar-refractivity contribution in [2.24, 2.45) is 0 Å². The van der Waals surface area contributed by atoms with Crippen molar-refractivity contribution in [3.63, 3.8) is 0 Å². The van der Waals surface area contributed by atoms with Gasteiger partial charge in [0, 0.05) is 11.8 Å². The first-order valence-electron chi connectivity index (χ1n) is 10.7. The van der Waals surface area contributed by atoms with Crippen molar-refractivity contribution in [2.75, 3.05) is 0 Å². The van der Waals surface area contributed by atoms with Gasteiger partial charge in [-0.1, -0.05) is 97.1 Å². The highest BCUT2D eigenvalue weighted by atomic mass is 14.7. The lowest BCUT2D eigenvalue weighted by Gasteiger charge is -2.30. The number of fused-ring (bicyclic) bond motifs is 10. The molecule has 2 aliphatic rings. The summed E-state index contributed by atoms with van der Waals surface area (Å²) in [5.41, 5.74) is 12.5. The normalized spacial score (nSPS) is 14.1. The van der Waals surface area contributed by atoms with Crippen molar-refractivity contribution in [1.82, 2.24) is 4.98 Å². The second kappa shape index (κ2) is 6.02. The molecule has 0 amide bonds. The summed E-state index contributed by atoms with van der Waals surface area (Å²) in [6, 6.07) is 39.7. The van der Waals surface area contributed by atoms with Gasteiger partial charge in [0.1, 0.15) is 0 Å². The number of pyridine rings is 1. The van der Waals surface area contributed by atoms with Crippen molar-refractivity contribution in [1.29, 1.82) is 0 Å². The van der Waals surface area contributed by atoms with E-state index in [1.54, 1.807) is 0 Å². The van der Waals surface area contributed by atoms with E-state index < -0.39 is 0 Å². The predicted molar refractivity (Wildman–Crippen MR) is 126 cm³/mol. The fourth-order valence-corrected chi connectivity index (χ4v) is 5.75. The maximum Gasteiger partial charge on any atom is 0.0753 e. The Labute approximate surface area is 181 Å². The Balaban J connectivity index is 1.64. The molecule has 0 radical (unpaired) electrons. The summed E-state index contributed by atoms with van der Waals surface area (Å²) >= 11 is 0. The smallest absolute Gasteiger partial charge is 0.0753 e. The van der Waals surface area contributed by atoms with E-state index in [-0.39, 0.29) is 5.41 Å². The molecule has 1 spiro atoms. The molecule has 1 nitrogen and oxygen atoms in total. The van der Waals surface area contributed by atoms with Gasteiger partial charge in [-0.2, -0.15) is 0 Å². The molecule has 0 bridgehead atoms. The van der Waals surface area contributed by atoms with Crippen molar-refractivity contribution < 1.29 is 0 Å². The summed E-state index contributed by atoms with van der Waals surface area (Å²) in [6.45, 7) is 0. The first kappa shape index (κ1) is 16.8. The van der Waals surface area contributed by atoms with Gasteiger partial charge in [-0.3, -0.25) is 4.98 Å². The maximum absolute atomic E-state index is 4.87. The monoisotopic (exact) mass is 393 g/mol. The Kier molecular flexibility index (Phi) is 3.26. The number of hydrogen-bond donors (Lipinski definition) is 0. The highest BCUT2D eigenvalue weighted by Crippen LogP contribution is 2.62. The summed E-state index contributed by atoms with van der Waals surface area (Å²) in [5.74, 6) is 0. The van der Waals surface area contributed by atoms with Crippen LogP contribution in [0.25, 0.3) is 33.5 Å². The SMILES string of the molecule is c1ccc(-c2ccc3c(c2)C2(c4ccccc4-c4ccccc42)c2cccnc2-3)cc1. The molecule has 144 valence electrons. The van der Waals surface area contributed by atoms with E-state index in [9.17, 15) is 0 Å². The van der Waals surface area contributed by atoms with Gasteiger partial charge in [0.15, 0.2) is 0 Å². The molecule has 2 aliphatic carbocycles. The van der Waals surface area contributed by atoms with Crippen LogP contribution in [-0.2, 0) is 5.41 Å². The summed E-state index contributed by atoms with van der Waals surface area (Å²) in [6.07, 6.45) is 1.92. The van der Waals surface area contributed by atoms with Gasteiger partial charge in [-0.25, -0.2) is 0 Å². The van der Waals surface area contributed by atoms with Crippen LogP contribution in [0.2, 0.25) is 0 Å². The molecule has 1 heteroatoms. The molecule has 0 N–H and O–H groups in total. The molecule has 31 heavy (non-hydrogen) atoms. The molecule has 1 heterocycles. The lowest BCUT2D eigenvalue weighted by atomic mass is 9.70. The maximum atomic E-state index is 4.87. The molecule has 5 aromatic rings. The zero-order valence-electron chi connectivity index (χ0n) is 16.9. The molecule has 4 aromatic carbocycles. The van der Waals surface area contributed by atoms with Crippen molar-refractivity contribution in [3.8, 4) is 33.5 Å². The fraction of sp³-hybridized carbons (Fsp3) is 0.0333. The molecule has 7 rings (SSSR count). The third kappa shape index (κ3) is 2.03. The molecular weight excluding hydrogens is 374 g/mol. The van der Waals surface area contributed by atoms with Crippen LogP contribution in [0.4, 0.5) is 0 Å². The minimum absolute atomic E-state index is 0.323. The summed E-state index contributed by atoms with van der Waals surface area (Å²) in [7, 11) is 0. The van der Waals surface area contributed by atoms with Crippen molar-refractivity contribution in [2.45, 2.75) is 5.41 Å². The number of rotatable bonds is 1. The van der Waals surface area contributed by atoms with E-state index in [1.165, 1.54) is 50.1 Å². The van der Waals surface area contributed by atoms with Gasteiger partial charge in [0.2, 0.25) is 0 Å². The quantitative estimate of drug-likeness (QED) is 0.290. The Bertz CT molecular complexity index is 1420. The van der Waals surface area contributed by atoms with E-state index in [2.05, 4.69) is 109 Å². The predicted octanol–water partition coefficient (Wildman–Crippen LogP) is 7.09. The molecule has 0 saturated heterocycles. The van der Waals surface area contributed by atoms with E-state index in [1.807, 2.05) is 6.20 Å². The third-order valence-corrected chi connectivity index (χ3v) is 6.95. The molecule has 1 aromatic heterocycles. The van der Waals surface area contributed by atoms with Crippen LogP contribution in [-0.4, -0.2) is 4.98 Å². The lowest BCUT2D eigenvalue weighted by Crippen LogP contribution is -2.25. The minimum Gasteiger partial charge on any atom is -0.256 e. The van der Waals surface area contributed by atoms with Crippen molar-refractivity contribution in [3.05, 3.63) is 138 Å². The zero-order valence-corrected chi connectivity index (χ0v) is 16.9. The number of nitrogens with zero attached hydrogens (tertiary/aromatic N) is 1. The summed E-state index contributed by atoms with van der Waals surface area (Å²) in [5, 5.41) is 0. The highest BCUT2D eigenvalue weighted by Gasteiger charge is 2.52. The molecule has 0 aliphatic heterocycles. The molecular formula is C30H19N. The van der Waals surface area contributed by atoms with Crippen LogP contribution in [0.15, 0.2) is 115 Å². The number of benzene rings is 4. The zero-order chi connectivity index (χ0) is 20.4. The first-order chi connectivity index (χ1) is 15.4. The van der Waals surface area contributed by atoms with Crippen LogP contribution in [0, 0.1) is 0 Å². The van der Waals surface area contributed by atoms with Crippen LogP contribution < -0.4 is 0 Å². The summed E-state index contributed by atoms with van der Waals surface area (Å²) < 4.78 is 0. The Hall–Kier alpha value is -3.97. The minimum atomic E-state index is -0.323. The van der Waals surface area contributed by atoms with Crippen LogP contribution in [0.5, 0.6) is 0 Å². The second-order valence-corrected chi connectivity index (χ2v) is 8.37. The van der Waals surface area contributed by atoms with Gasteiger partial charge >= 0.3 is 0 Å². The van der Waals surface area contributed by atoms with E-state index in [4.69, 9.17) is 4.98 Å².